The van der Waals surface area contributed by atoms with E-state index in [4.69, 9.17) is 9.47 Å². The molecule has 0 saturated heterocycles. The second kappa shape index (κ2) is 10.00. The number of hydrogen-bond donors (Lipinski definition) is 2. The van der Waals surface area contributed by atoms with Crippen LogP contribution in [-0.4, -0.2) is 50.9 Å². The van der Waals surface area contributed by atoms with E-state index in [0.717, 1.165) is 43.8 Å². The number of pyridine rings is 1. The molecular formula is C16H26N4O2. The van der Waals surface area contributed by atoms with Gasteiger partial charge in [-0.2, -0.15) is 0 Å². The summed E-state index contributed by atoms with van der Waals surface area (Å²) in [4.78, 5) is 8.18. The molecule has 0 spiro atoms. The Morgan fingerprint density at radius 1 is 1.32 bits per heavy atom. The lowest BCUT2D eigenvalue weighted by molar-refractivity contribution is 0.123. The highest BCUT2D eigenvalue weighted by atomic mass is 16.5. The summed E-state index contributed by atoms with van der Waals surface area (Å²) in [5.74, 6) is 2.40. The van der Waals surface area contributed by atoms with Gasteiger partial charge in [0.05, 0.1) is 12.7 Å². The van der Waals surface area contributed by atoms with Crippen molar-refractivity contribution in [2.75, 3.05) is 40.0 Å². The lowest BCUT2D eigenvalue weighted by Crippen LogP contribution is -2.39. The van der Waals surface area contributed by atoms with Crippen LogP contribution >= 0.6 is 0 Å². The largest absolute Gasteiger partial charge is 0.490 e. The predicted molar refractivity (Wildman–Crippen MR) is 87.3 cm³/mol. The van der Waals surface area contributed by atoms with E-state index in [0.29, 0.717) is 13.2 Å². The highest BCUT2D eigenvalue weighted by Gasteiger charge is 2.20. The fourth-order valence-electron chi connectivity index (χ4n) is 1.91. The Kier molecular flexibility index (Phi) is 7.52. The van der Waals surface area contributed by atoms with Crippen LogP contribution in [0.4, 0.5) is 0 Å². The van der Waals surface area contributed by atoms with Crippen LogP contribution in [-0.2, 0) is 4.74 Å². The molecule has 1 aliphatic rings. The molecule has 122 valence electrons. The van der Waals surface area contributed by atoms with Crippen molar-refractivity contribution < 1.29 is 9.47 Å². The fourth-order valence-corrected chi connectivity index (χ4v) is 1.91. The summed E-state index contributed by atoms with van der Waals surface area (Å²) in [5, 5.41) is 6.47. The normalized spacial score (nSPS) is 14.7. The first-order chi connectivity index (χ1) is 10.9. The number of ether oxygens (including phenoxy) is 2. The molecule has 0 amide bonds. The molecule has 0 unspecified atom stereocenters. The summed E-state index contributed by atoms with van der Waals surface area (Å²) in [7, 11) is 1.76. The molecule has 0 radical (unpaired) electrons. The van der Waals surface area contributed by atoms with Gasteiger partial charge in [0, 0.05) is 33.0 Å². The second-order valence-corrected chi connectivity index (χ2v) is 5.33. The van der Waals surface area contributed by atoms with Crippen LogP contribution in [0, 0.1) is 5.92 Å². The zero-order chi connectivity index (χ0) is 15.5. The summed E-state index contributed by atoms with van der Waals surface area (Å²) >= 11 is 0. The van der Waals surface area contributed by atoms with Gasteiger partial charge in [-0.05, 0) is 37.3 Å². The molecule has 2 N–H and O–H groups in total. The van der Waals surface area contributed by atoms with Crippen molar-refractivity contribution in [2.24, 2.45) is 10.9 Å². The topological polar surface area (TPSA) is 67.8 Å². The van der Waals surface area contributed by atoms with E-state index in [1.54, 1.807) is 19.4 Å². The summed E-state index contributed by atoms with van der Waals surface area (Å²) in [6.07, 6.45) is 7.10. The van der Waals surface area contributed by atoms with Gasteiger partial charge in [-0.1, -0.05) is 0 Å². The Bertz CT molecular complexity index is 435. The number of aromatic nitrogens is 1. The number of aliphatic imine (C=N–C) groups is 1. The third-order valence-corrected chi connectivity index (χ3v) is 3.33. The number of rotatable bonds is 10. The molecule has 0 aromatic carbocycles. The highest BCUT2D eigenvalue weighted by Crippen LogP contribution is 2.28. The Morgan fingerprint density at radius 2 is 2.18 bits per heavy atom. The SMILES string of the molecule is CN=C(NCCCOCC1CC1)NCCOc1cccnc1. The van der Waals surface area contributed by atoms with Gasteiger partial charge in [-0.3, -0.25) is 9.98 Å². The van der Waals surface area contributed by atoms with Crippen molar-refractivity contribution in [3.05, 3.63) is 24.5 Å². The van der Waals surface area contributed by atoms with Crippen molar-refractivity contribution in [3.63, 3.8) is 0 Å². The van der Waals surface area contributed by atoms with E-state index >= 15 is 0 Å². The van der Waals surface area contributed by atoms with E-state index in [1.165, 1.54) is 12.8 Å². The first-order valence-corrected chi connectivity index (χ1v) is 7.93. The lowest BCUT2D eigenvalue weighted by atomic mass is 10.4. The van der Waals surface area contributed by atoms with Gasteiger partial charge in [-0.25, -0.2) is 0 Å². The van der Waals surface area contributed by atoms with Crippen molar-refractivity contribution in [2.45, 2.75) is 19.3 Å². The third-order valence-electron chi connectivity index (χ3n) is 3.33. The molecule has 1 heterocycles. The summed E-state index contributed by atoms with van der Waals surface area (Å²) < 4.78 is 11.2. The van der Waals surface area contributed by atoms with Crippen LogP contribution in [0.15, 0.2) is 29.5 Å². The maximum atomic E-state index is 5.59. The van der Waals surface area contributed by atoms with Gasteiger partial charge in [0.25, 0.3) is 0 Å². The van der Waals surface area contributed by atoms with Crippen molar-refractivity contribution in [1.29, 1.82) is 0 Å². The molecule has 0 aliphatic heterocycles. The molecule has 0 atom stereocenters. The maximum absolute atomic E-state index is 5.59. The minimum Gasteiger partial charge on any atom is -0.490 e. The van der Waals surface area contributed by atoms with Gasteiger partial charge < -0.3 is 20.1 Å². The smallest absolute Gasteiger partial charge is 0.191 e. The van der Waals surface area contributed by atoms with Crippen LogP contribution in [0.1, 0.15) is 19.3 Å². The summed E-state index contributed by atoms with van der Waals surface area (Å²) in [6, 6.07) is 3.75. The van der Waals surface area contributed by atoms with Gasteiger partial charge in [0.15, 0.2) is 5.96 Å². The van der Waals surface area contributed by atoms with Gasteiger partial charge in [0.2, 0.25) is 0 Å². The summed E-state index contributed by atoms with van der Waals surface area (Å²) in [5.41, 5.74) is 0. The molecule has 1 saturated carbocycles. The standard InChI is InChI=1S/C16H26N4O2/c1-17-16(19-8-3-10-21-13-14-5-6-14)20-9-11-22-15-4-2-7-18-12-15/h2,4,7,12,14H,3,5-6,8-11,13H2,1H3,(H2,17,19,20). The van der Waals surface area contributed by atoms with E-state index in [-0.39, 0.29) is 0 Å². The minimum atomic E-state index is 0.566. The van der Waals surface area contributed by atoms with Gasteiger partial charge in [-0.15, -0.1) is 0 Å². The zero-order valence-electron chi connectivity index (χ0n) is 13.3. The number of guanidine groups is 1. The van der Waals surface area contributed by atoms with E-state index in [2.05, 4.69) is 20.6 Å². The Labute approximate surface area is 132 Å². The molecule has 6 nitrogen and oxygen atoms in total. The maximum Gasteiger partial charge on any atom is 0.191 e. The molecule has 0 bridgehead atoms. The van der Waals surface area contributed by atoms with Crippen LogP contribution in [0.3, 0.4) is 0 Å². The van der Waals surface area contributed by atoms with Crippen LogP contribution in [0.5, 0.6) is 5.75 Å². The van der Waals surface area contributed by atoms with Crippen LogP contribution < -0.4 is 15.4 Å². The quantitative estimate of drug-likeness (QED) is 0.389. The van der Waals surface area contributed by atoms with E-state index < -0.39 is 0 Å². The van der Waals surface area contributed by atoms with Gasteiger partial charge in [0.1, 0.15) is 12.4 Å². The van der Waals surface area contributed by atoms with Crippen LogP contribution in [0.25, 0.3) is 0 Å². The number of nitrogens with one attached hydrogen (secondary N) is 2. The number of nitrogens with zero attached hydrogens (tertiary/aromatic N) is 2. The van der Waals surface area contributed by atoms with Crippen molar-refractivity contribution in [1.82, 2.24) is 15.6 Å². The fraction of sp³-hybridized carbons (Fsp3) is 0.625. The Balaban J connectivity index is 1.45. The van der Waals surface area contributed by atoms with Crippen molar-refractivity contribution in [3.8, 4) is 5.75 Å². The molecule has 1 aliphatic carbocycles. The Morgan fingerprint density at radius 3 is 2.91 bits per heavy atom. The molecule has 2 rings (SSSR count). The predicted octanol–water partition coefficient (Wildman–Crippen LogP) is 1.44. The summed E-state index contributed by atoms with van der Waals surface area (Å²) in [6.45, 7) is 3.85. The zero-order valence-corrected chi connectivity index (χ0v) is 13.3. The average Bonchev–Trinajstić information content (AvgIpc) is 3.38. The molecule has 22 heavy (non-hydrogen) atoms. The van der Waals surface area contributed by atoms with Gasteiger partial charge >= 0.3 is 0 Å². The lowest BCUT2D eigenvalue weighted by Gasteiger charge is -2.12. The Hall–Kier alpha value is -1.82. The monoisotopic (exact) mass is 306 g/mol. The molecule has 1 aromatic rings. The molecule has 6 heteroatoms. The van der Waals surface area contributed by atoms with Crippen molar-refractivity contribution >= 4 is 5.96 Å². The van der Waals surface area contributed by atoms with Crippen LogP contribution in [0.2, 0.25) is 0 Å². The average molecular weight is 306 g/mol. The van der Waals surface area contributed by atoms with E-state index in [1.807, 2.05) is 12.1 Å². The highest BCUT2D eigenvalue weighted by molar-refractivity contribution is 5.79. The first kappa shape index (κ1) is 16.5. The number of hydrogen-bond acceptors (Lipinski definition) is 4. The molecule has 1 aromatic heterocycles. The minimum absolute atomic E-state index is 0.566. The molecular weight excluding hydrogens is 280 g/mol. The van der Waals surface area contributed by atoms with E-state index in [9.17, 15) is 0 Å². The second-order valence-electron chi connectivity index (χ2n) is 5.33. The third kappa shape index (κ3) is 7.26. The first-order valence-electron chi connectivity index (χ1n) is 7.93. The molecule has 1 fully saturated rings.